The quantitative estimate of drug-likeness (QED) is 0.426. The average Bonchev–Trinajstić information content (AvgIpc) is 2.09. The van der Waals surface area contributed by atoms with Gasteiger partial charge in [-0.05, 0) is 0 Å². The molecule has 0 fully saturated rings. The van der Waals surface area contributed by atoms with E-state index in [-0.39, 0.29) is 12.4 Å². The minimum atomic E-state index is -1.76. The molecule has 1 unspecified atom stereocenters. The van der Waals surface area contributed by atoms with E-state index in [9.17, 15) is 4.21 Å². The normalized spacial score (nSPS) is 13.1. The van der Waals surface area contributed by atoms with Gasteiger partial charge in [0.25, 0.3) is 0 Å². The molecule has 0 heterocycles. The van der Waals surface area contributed by atoms with Crippen molar-refractivity contribution in [1.29, 1.82) is 0 Å². The second-order valence-electron chi connectivity index (χ2n) is 2.24. The molecule has 80 valence electrons. The highest BCUT2D eigenvalue weighted by Crippen LogP contribution is 1.81. The molecule has 0 saturated carbocycles. The first kappa shape index (κ1) is 13.0. The number of ether oxygens (including phenoxy) is 3. The molecule has 0 aliphatic rings. The van der Waals surface area contributed by atoms with E-state index in [1.165, 1.54) is 0 Å². The molecule has 0 radical (unpaired) electrons. The van der Waals surface area contributed by atoms with Crippen LogP contribution in [0.25, 0.3) is 0 Å². The number of hydrogen-bond donors (Lipinski definition) is 1. The van der Waals surface area contributed by atoms with Gasteiger partial charge in [0.05, 0.1) is 38.8 Å². The van der Waals surface area contributed by atoms with Crippen LogP contribution < -0.4 is 0 Å². The Morgan fingerprint density at radius 2 is 1.62 bits per heavy atom. The van der Waals surface area contributed by atoms with Crippen LogP contribution in [0.1, 0.15) is 0 Å². The van der Waals surface area contributed by atoms with Gasteiger partial charge in [0, 0.05) is 7.11 Å². The van der Waals surface area contributed by atoms with E-state index >= 15 is 0 Å². The number of hydrogen-bond acceptors (Lipinski definition) is 4. The van der Waals surface area contributed by atoms with Gasteiger partial charge in [-0.15, -0.1) is 0 Å². The van der Waals surface area contributed by atoms with Gasteiger partial charge in [0.1, 0.15) is 0 Å². The molecule has 1 N–H and O–H groups in total. The van der Waals surface area contributed by atoms with Gasteiger partial charge in [-0.3, -0.25) is 0 Å². The van der Waals surface area contributed by atoms with E-state index in [2.05, 4.69) is 0 Å². The Hall–Kier alpha value is -0.0100. The maximum absolute atomic E-state index is 10.2. The van der Waals surface area contributed by atoms with Gasteiger partial charge >= 0.3 is 0 Å². The molecule has 0 aromatic carbocycles. The lowest BCUT2D eigenvalue weighted by atomic mass is 10.7. The molecule has 0 aliphatic heterocycles. The smallest absolute Gasteiger partial charge is 0.155 e. The van der Waals surface area contributed by atoms with E-state index in [0.29, 0.717) is 26.4 Å². The number of rotatable bonds is 9. The second kappa shape index (κ2) is 10.1. The highest BCUT2D eigenvalue weighted by molar-refractivity contribution is 7.79. The molecule has 0 rings (SSSR count). The molecule has 0 aromatic rings. The van der Waals surface area contributed by atoms with Crippen molar-refractivity contribution in [3.63, 3.8) is 0 Å². The third kappa shape index (κ3) is 12.0. The monoisotopic (exact) mass is 212 g/mol. The van der Waals surface area contributed by atoms with Crippen LogP contribution in [0.3, 0.4) is 0 Å². The fourth-order valence-electron chi connectivity index (χ4n) is 0.594. The van der Waals surface area contributed by atoms with Crippen LogP contribution in [0.4, 0.5) is 0 Å². The van der Waals surface area contributed by atoms with Crippen LogP contribution in [-0.2, 0) is 25.3 Å². The Bertz CT molecular complexity index is 130. The summed E-state index contributed by atoms with van der Waals surface area (Å²) in [6.07, 6.45) is 0. The van der Waals surface area contributed by atoms with Crippen molar-refractivity contribution in [2.45, 2.75) is 0 Å². The zero-order valence-electron chi connectivity index (χ0n) is 7.73. The first-order chi connectivity index (χ1) is 6.27. The summed E-state index contributed by atoms with van der Waals surface area (Å²) in [5.41, 5.74) is 0. The first-order valence-electron chi connectivity index (χ1n) is 3.99. The number of methoxy groups -OCH3 is 1. The molecule has 0 spiro atoms. The van der Waals surface area contributed by atoms with Crippen LogP contribution in [-0.4, -0.2) is 54.7 Å². The molecular formula is C7H16O5S. The van der Waals surface area contributed by atoms with Crippen LogP contribution >= 0.6 is 0 Å². The van der Waals surface area contributed by atoms with E-state index in [1.807, 2.05) is 0 Å². The van der Waals surface area contributed by atoms with Crippen LogP contribution in [0.15, 0.2) is 0 Å². The predicted molar refractivity (Wildman–Crippen MR) is 49.2 cm³/mol. The van der Waals surface area contributed by atoms with Crippen molar-refractivity contribution in [1.82, 2.24) is 0 Å². The summed E-state index contributed by atoms with van der Waals surface area (Å²) in [5.74, 6) is 0.151. The second-order valence-corrected chi connectivity index (χ2v) is 3.29. The van der Waals surface area contributed by atoms with E-state index in [1.54, 1.807) is 7.11 Å². The summed E-state index contributed by atoms with van der Waals surface area (Å²) in [4.78, 5) is 0. The highest BCUT2D eigenvalue weighted by atomic mass is 32.2. The maximum Gasteiger partial charge on any atom is 0.155 e. The highest BCUT2D eigenvalue weighted by Gasteiger charge is 1.93. The molecule has 13 heavy (non-hydrogen) atoms. The average molecular weight is 212 g/mol. The molecule has 0 amide bonds. The Morgan fingerprint density at radius 3 is 2.15 bits per heavy atom. The van der Waals surface area contributed by atoms with Crippen molar-refractivity contribution in [3.05, 3.63) is 0 Å². The minimum absolute atomic E-state index is 0.151. The fraction of sp³-hybridized carbons (Fsp3) is 1.00. The summed E-state index contributed by atoms with van der Waals surface area (Å²) in [5, 5.41) is 0. The van der Waals surface area contributed by atoms with Crippen molar-refractivity contribution < 1.29 is 23.0 Å². The summed E-state index contributed by atoms with van der Waals surface area (Å²) in [7, 11) is 1.61. The lowest BCUT2D eigenvalue weighted by Gasteiger charge is -2.03. The molecule has 0 aliphatic carbocycles. The largest absolute Gasteiger partial charge is 0.382 e. The van der Waals surface area contributed by atoms with Crippen LogP contribution in [0, 0.1) is 0 Å². The summed E-state index contributed by atoms with van der Waals surface area (Å²) >= 11 is -1.76. The van der Waals surface area contributed by atoms with Crippen molar-refractivity contribution in [2.24, 2.45) is 0 Å². The van der Waals surface area contributed by atoms with Gasteiger partial charge in [-0.25, -0.2) is 4.21 Å². The molecule has 0 saturated heterocycles. The lowest BCUT2D eigenvalue weighted by Crippen LogP contribution is -2.11. The zero-order valence-corrected chi connectivity index (χ0v) is 8.55. The van der Waals surface area contributed by atoms with Gasteiger partial charge < -0.3 is 18.8 Å². The minimum Gasteiger partial charge on any atom is -0.382 e. The van der Waals surface area contributed by atoms with Crippen LogP contribution in [0.2, 0.25) is 0 Å². The third-order valence-electron chi connectivity index (χ3n) is 1.21. The van der Waals surface area contributed by atoms with E-state index in [4.69, 9.17) is 18.8 Å². The Morgan fingerprint density at radius 1 is 1.08 bits per heavy atom. The first-order valence-corrected chi connectivity index (χ1v) is 5.27. The van der Waals surface area contributed by atoms with Crippen molar-refractivity contribution >= 4 is 11.1 Å². The predicted octanol–water partition coefficient (Wildman–Crippen LogP) is -0.112. The molecular weight excluding hydrogens is 196 g/mol. The zero-order chi connectivity index (χ0) is 9.94. The SMILES string of the molecule is COCCOCCOCCS(=O)O. The standard InChI is InChI=1S/C7H16O5S/c1-10-2-3-11-4-5-12-6-7-13(8)9/h2-7H2,1H3,(H,8,9). The van der Waals surface area contributed by atoms with Gasteiger partial charge in [0.2, 0.25) is 0 Å². The molecule has 6 heteroatoms. The molecule has 0 aromatic heterocycles. The Balaban J connectivity index is 2.87. The molecule has 5 nitrogen and oxygen atoms in total. The molecule has 1 atom stereocenters. The Kier molecular flexibility index (Phi) is 10.1. The summed E-state index contributed by atoms with van der Waals surface area (Å²) in [6.45, 7) is 2.34. The van der Waals surface area contributed by atoms with Crippen molar-refractivity contribution in [2.75, 3.05) is 45.9 Å². The van der Waals surface area contributed by atoms with E-state index in [0.717, 1.165) is 0 Å². The Labute approximate surface area is 80.6 Å². The fourth-order valence-corrected chi connectivity index (χ4v) is 0.855. The van der Waals surface area contributed by atoms with Crippen LogP contribution in [0.5, 0.6) is 0 Å². The van der Waals surface area contributed by atoms with Gasteiger partial charge in [0.15, 0.2) is 11.1 Å². The van der Waals surface area contributed by atoms with Gasteiger partial charge in [-0.1, -0.05) is 0 Å². The summed E-state index contributed by atoms with van der Waals surface area (Å²) in [6, 6.07) is 0. The lowest BCUT2D eigenvalue weighted by molar-refractivity contribution is 0.0284. The third-order valence-corrected chi connectivity index (χ3v) is 1.72. The maximum atomic E-state index is 10.2. The van der Waals surface area contributed by atoms with Crippen molar-refractivity contribution in [3.8, 4) is 0 Å². The summed E-state index contributed by atoms with van der Waals surface area (Å²) < 4.78 is 33.4. The molecule has 0 bridgehead atoms. The topological polar surface area (TPSA) is 65.0 Å². The van der Waals surface area contributed by atoms with E-state index < -0.39 is 11.1 Å². The van der Waals surface area contributed by atoms with Gasteiger partial charge in [-0.2, -0.15) is 0 Å².